The van der Waals surface area contributed by atoms with Crippen LogP contribution in [0.5, 0.6) is 0 Å². The van der Waals surface area contributed by atoms with Gasteiger partial charge in [-0.2, -0.15) is 5.26 Å². The zero-order valence-corrected chi connectivity index (χ0v) is 14.0. The highest BCUT2D eigenvalue weighted by molar-refractivity contribution is 9.10. The van der Waals surface area contributed by atoms with E-state index >= 15 is 0 Å². The summed E-state index contributed by atoms with van der Waals surface area (Å²) < 4.78 is 39.5. The molecule has 0 bridgehead atoms. The van der Waals surface area contributed by atoms with Gasteiger partial charge in [0.25, 0.3) is 10.0 Å². The van der Waals surface area contributed by atoms with E-state index in [9.17, 15) is 17.6 Å². The summed E-state index contributed by atoms with van der Waals surface area (Å²) in [5, 5.41) is 8.87. The molecule has 0 spiro atoms. The molecule has 23 heavy (non-hydrogen) atoms. The molecule has 0 radical (unpaired) electrons. The summed E-state index contributed by atoms with van der Waals surface area (Å²) >= 11 is 3.11. The largest absolute Gasteiger partial charge is 0.274 e. The molecule has 1 amide bonds. The molecule has 0 aliphatic carbocycles. The molecular formula is C15H10BrFN2O3S. The summed E-state index contributed by atoms with van der Waals surface area (Å²) in [5.74, 6) is -1.20. The van der Waals surface area contributed by atoms with Crippen LogP contribution in [0.1, 0.15) is 11.1 Å². The van der Waals surface area contributed by atoms with Crippen LogP contribution in [0.2, 0.25) is 0 Å². The van der Waals surface area contributed by atoms with Crippen LogP contribution in [0.4, 0.5) is 4.39 Å². The first-order valence-corrected chi connectivity index (χ1v) is 8.58. The van der Waals surface area contributed by atoms with Crippen molar-refractivity contribution < 1.29 is 17.6 Å². The SMILES string of the molecule is N#Cc1cc(Br)cc(S(=O)(=O)NC(=O)Cc2ccc(F)cc2)c1. The normalized spacial score (nSPS) is 10.8. The molecule has 0 heterocycles. The second kappa shape index (κ2) is 6.89. The van der Waals surface area contributed by atoms with Crippen molar-refractivity contribution in [2.75, 3.05) is 0 Å². The van der Waals surface area contributed by atoms with E-state index in [1.165, 1.54) is 36.4 Å². The predicted octanol–water partition coefficient (Wildman–Crippen LogP) is 2.51. The van der Waals surface area contributed by atoms with E-state index in [-0.39, 0.29) is 16.9 Å². The molecule has 0 saturated heterocycles. The van der Waals surface area contributed by atoms with Crippen molar-refractivity contribution >= 4 is 31.9 Å². The number of amides is 1. The van der Waals surface area contributed by atoms with Crippen molar-refractivity contribution in [2.24, 2.45) is 0 Å². The van der Waals surface area contributed by atoms with Crippen molar-refractivity contribution in [3.63, 3.8) is 0 Å². The molecule has 0 aromatic heterocycles. The summed E-state index contributed by atoms with van der Waals surface area (Å²) in [5.41, 5.74) is 0.622. The van der Waals surface area contributed by atoms with Crippen molar-refractivity contribution in [3.8, 4) is 6.07 Å². The lowest BCUT2D eigenvalue weighted by molar-refractivity contribution is -0.118. The number of rotatable bonds is 4. The second-order valence-electron chi connectivity index (χ2n) is 4.62. The molecule has 0 aliphatic rings. The standard InChI is InChI=1S/C15H10BrFN2O3S/c16-12-5-11(9-18)6-14(8-12)23(21,22)19-15(20)7-10-1-3-13(17)4-2-10/h1-6,8H,7H2,(H,19,20). The van der Waals surface area contributed by atoms with Gasteiger partial charge in [-0.15, -0.1) is 0 Å². The molecule has 0 saturated carbocycles. The van der Waals surface area contributed by atoms with Gasteiger partial charge in [0.05, 0.1) is 22.9 Å². The highest BCUT2D eigenvalue weighted by Crippen LogP contribution is 2.19. The number of carbonyl (C=O) groups is 1. The van der Waals surface area contributed by atoms with Crippen LogP contribution < -0.4 is 4.72 Å². The first-order valence-electron chi connectivity index (χ1n) is 6.31. The Morgan fingerprint density at radius 3 is 2.48 bits per heavy atom. The number of hydrogen-bond donors (Lipinski definition) is 1. The van der Waals surface area contributed by atoms with E-state index in [1.807, 2.05) is 10.8 Å². The number of nitrogens with one attached hydrogen (secondary N) is 1. The second-order valence-corrected chi connectivity index (χ2v) is 7.22. The highest BCUT2D eigenvalue weighted by atomic mass is 79.9. The number of nitriles is 1. The fraction of sp³-hybridized carbons (Fsp3) is 0.0667. The molecule has 118 valence electrons. The number of nitrogens with zero attached hydrogens (tertiary/aromatic N) is 1. The maximum absolute atomic E-state index is 12.8. The lowest BCUT2D eigenvalue weighted by Crippen LogP contribution is -2.31. The molecule has 1 N–H and O–H groups in total. The summed E-state index contributed by atoms with van der Waals surface area (Å²) in [4.78, 5) is 11.7. The molecular weight excluding hydrogens is 387 g/mol. The van der Waals surface area contributed by atoms with E-state index in [2.05, 4.69) is 15.9 Å². The van der Waals surface area contributed by atoms with E-state index < -0.39 is 21.7 Å². The van der Waals surface area contributed by atoms with Gasteiger partial charge in [0.1, 0.15) is 5.82 Å². The van der Waals surface area contributed by atoms with Gasteiger partial charge in [-0.1, -0.05) is 28.1 Å². The maximum Gasteiger partial charge on any atom is 0.264 e. The summed E-state index contributed by atoms with van der Waals surface area (Å²) in [6, 6.07) is 10.9. The molecule has 0 aliphatic heterocycles. The fourth-order valence-corrected chi connectivity index (χ4v) is 3.51. The van der Waals surface area contributed by atoms with Crippen LogP contribution in [-0.2, 0) is 21.2 Å². The topological polar surface area (TPSA) is 87.0 Å². The van der Waals surface area contributed by atoms with Crippen LogP contribution >= 0.6 is 15.9 Å². The molecule has 5 nitrogen and oxygen atoms in total. The molecule has 8 heteroatoms. The minimum atomic E-state index is -4.10. The van der Waals surface area contributed by atoms with Crippen LogP contribution in [-0.4, -0.2) is 14.3 Å². The molecule has 2 aromatic carbocycles. The Labute approximate surface area is 140 Å². The Balaban J connectivity index is 2.17. The molecule has 2 rings (SSSR count). The van der Waals surface area contributed by atoms with Crippen LogP contribution in [0.3, 0.4) is 0 Å². The van der Waals surface area contributed by atoms with Crippen LogP contribution in [0.25, 0.3) is 0 Å². The first kappa shape index (κ1) is 17.1. The monoisotopic (exact) mass is 396 g/mol. The number of halogens is 2. The van der Waals surface area contributed by atoms with Gasteiger partial charge in [-0.05, 0) is 35.9 Å². The Morgan fingerprint density at radius 2 is 1.87 bits per heavy atom. The van der Waals surface area contributed by atoms with Crippen molar-refractivity contribution in [1.82, 2.24) is 4.72 Å². The Hall–Kier alpha value is -2.24. The van der Waals surface area contributed by atoms with Gasteiger partial charge in [0.2, 0.25) is 5.91 Å². The van der Waals surface area contributed by atoms with E-state index in [0.29, 0.717) is 10.0 Å². The molecule has 0 atom stereocenters. The lowest BCUT2D eigenvalue weighted by Gasteiger charge is -2.08. The zero-order valence-electron chi connectivity index (χ0n) is 11.6. The maximum atomic E-state index is 12.8. The van der Waals surface area contributed by atoms with E-state index in [0.717, 1.165) is 6.07 Å². The van der Waals surface area contributed by atoms with Gasteiger partial charge in [0, 0.05) is 4.47 Å². The van der Waals surface area contributed by atoms with Gasteiger partial charge in [-0.3, -0.25) is 4.79 Å². The molecule has 2 aromatic rings. The van der Waals surface area contributed by atoms with E-state index in [4.69, 9.17) is 5.26 Å². The third kappa shape index (κ3) is 4.61. The number of benzene rings is 2. The summed E-state index contributed by atoms with van der Waals surface area (Å²) in [6.45, 7) is 0. The summed E-state index contributed by atoms with van der Waals surface area (Å²) in [7, 11) is -4.10. The van der Waals surface area contributed by atoms with Crippen LogP contribution in [0.15, 0.2) is 51.8 Å². The average Bonchev–Trinajstić information content (AvgIpc) is 2.48. The molecule has 0 unspecified atom stereocenters. The van der Waals surface area contributed by atoms with Gasteiger partial charge in [0.15, 0.2) is 0 Å². The lowest BCUT2D eigenvalue weighted by atomic mass is 10.1. The Morgan fingerprint density at radius 1 is 1.22 bits per heavy atom. The summed E-state index contributed by atoms with van der Waals surface area (Å²) in [6.07, 6.45) is -0.210. The quantitative estimate of drug-likeness (QED) is 0.859. The van der Waals surface area contributed by atoms with Gasteiger partial charge < -0.3 is 0 Å². The van der Waals surface area contributed by atoms with Crippen molar-refractivity contribution in [3.05, 3.63) is 63.9 Å². The average molecular weight is 397 g/mol. The number of hydrogen-bond acceptors (Lipinski definition) is 4. The first-order chi connectivity index (χ1) is 10.8. The predicted molar refractivity (Wildman–Crippen MR) is 84.3 cm³/mol. The fourth-order valence-electron chi connectivity index (χ4n) is 1.81. The van der Waals surface area contributed by atoms with Crippen molar-refractivity contribution in [2.45, 2.75) is 11.3 Å². The third-order valence-corrected chi connectivity index (χ3v) is 4.65. The Kier molecular flexibility index (Phi) is 5.13. The highest BCUT2D eigenvalue weighted by Gasteiger charge is 2.19. The minimum Gasteiger partial charge on any atom is -0.274 e. The van der Waals surface area contributed by atoms with Crippen molar-refractivity contribution in [1.29, 1.82) is 5.26 Å². The van der Waals surface area contributed by atoms with Gasteiger partial charge >= 0.3 is 0 Å². The Bertz CT molecular complexity index is 890. The molecule has 0 fully saturated rings. The smallest absolute Gasteiger partial charge is 0.264 e. The van der Waals surface area contributed by atoms with E-state index in [1.54, 1.807) is 0 Å². The third-order valence-electron chi connectivity index (χ3n) is 2.84. The minimum absolute atomic E-state index is 0.144. The zero-order chi connectivity index (χ0) is 17.0. The van der Waals surface area contributed by atoms with Crippen LogP contribution in [0, 0.1) is 17.1 Å². The number of carbonyl (C=O) groups excluding carboxylic acids is 1. The van der Waals surface area contributed by atoms with Gasteiger partial charge in [-0.25, -0.2) is 17.5 Å². The number of sulfonamides is 1.